The van der Waals surface area contributed by atoms with Crippen LogP contribution in [0, 0.1) is 24.5 Å². The Labute approximate surface area is 208 Å². The Morgan fingerprint density at radius 1 is 1.11 bits per heavy atom. The summed E-state index contributed by atoms with van der Waals surface area (Å²) in [4.78, 5) is 17.4. The van der Waals surface area contributed by atoms with Gasteiger partial charge in [-0.1, -0.05) is 23.4 Å². The van der Waals surface area contributed by atoms with Gasteiger partial charge in [0, 0.05) is 61.1 Å². The topological polar surface area (TPSA) is 86.0 Å². The first-order valence-electron chi connectivity index (χ1n) is 12.0. The molecule has 1 aromatic heterocycles. The minimum Gasteiger partial charge on any atom is -0.481 e. The molecule has 8 heteroatoms. The Bertz CT molecular complexity index is 1240. The van der Waals surface area contributed by atoms with Gasteiger partial charge in [-0.2, -0.15) is 0 Å². The fourth-order valence-corrected chi connectivity index (χ4v) is 4.89. The van der Waals surface area contributed by atoms with Gasteiger partial charge in [0.1, 0.15) is 11.6 Å². The summed E-state index contributed by atoms with van der Waals surface area (Å²) in [6, 6.07) is 14.8. The lowest BCUT2D eigenvalue weighted by atomic mass is 9.85. The van der Waals surface area contributed by atoms with Crippen molar-refractivity contribution in [3.05, 3.63) is 94.8 Å². The predicted molar refractivity (Wildman–Crippen MR) is 134 cm³/mol. The van der Waals surface area contributed by atoms with Crippen LogP contribution < -0.4 is 4.90 Å². The lowest BCUT2D eigenvalue weighted by Gasteiger charge is -2.33. The number of hydrogen-bond donors (Lipinski definition) is 2. The molecule has 0 bridgehead atoms. The third-order valence-electron chi connectivity index (χ3n) is 6.82. The molecule has 3 aromatic rings. The number of aromatic nitrogens is 1. The first kappa shape index (κ1) is 25.3. The van der Waals surface area contributed by atoms with Crippen molar-refractivity contribution in [1.29, 1.82) is 0 Å². The molecule has 1 fully saturated rings. The molecule has 0 radical (unpaired) electrons. The van der Waals surface area contributed by atoms with Crippen LogP contribution in [0.15, 0.2) is 65.9 Å². The van der Waals surface area contributed by atoms with E-state index in [1.54, 1.807) is 18.3 Å². The second-order valence-electron chi connectivity index (χ2n) is 9.27. The maximum atomic E-state index is 14.9. The van der Waals surface area contributed by atoms with E-state index in [0.717, 1.165) is 48.9 Å². The van der Waals surface area contributed by atoms with Crippen molar-refractivity contribution >= 4 is 17.4 Å². The highest BCUT2D eigenvalue weighted by Crippen LogP contribution is 2.34. The van der Waals surface area contributed by atoms with Crippen LogP contribution in [0.3, 0.4) is 0 Å². The van der Waals surface area contributed by atoms with Crippen molar-refractivity contribution in [3.63, 3.8) is 0 Å². The van der Waals surface area contributed by atoms with Gasteiger partial charge in [-0.25, -0.2) is 8.78 Å². The molecule has 188 valence electrons. The average molecular weight is 494 g/mol. The third-order valence-corrected chi connectivity index (χ3v) is 6.82. The van der Waals surface area contributed by atoms with Gasteiger partial charge in [0.25, 0.3) is 0 Å². The number of piperidine rings is 1. The van der Waals surface area contributed by atoms with Crippen molar-refractivity contribution in [2.24, 2.45) is 11.1 Å². The van der Waals surface area contributed by atoms with E-state index < -0.39 is 23.5 Å². The molecule has 1 aliphatic rings. The second kappa shape index (κ2) is 11.3. The van der Waals surface area contributed by atoms with Gasteiger partial charge in [-0.15, -0.1) is 0 Å². The van der Waals surface area contributed by atoms with Crippen LogP contribution >= 0.6 is 0 Å². The Balaban J connectivity index is 1.60. The normalized spacial score (nSPS) is 15.6. The van der Waals surface area contributed by atoms with E-state index in [-0.39, 0.29) is 18.8 Å². The van der Waals surface area contributed by atoms with Crippen LogP contribution in [0.25, 0.3) is 0 Å². The summed E-state index contributed by atoms with van der Waals surface area (Å²) in [5, 5.41) is 22.3. The molecular formula is C28H29F2N3O3. The number of hydrogen-bond acceptors (Lipinski definition) is 5. The maximum absolute atomic E-state index is 14.9. The number of benzene rings is 2. The van der Waals surface area contributed by atoms with E-state index in [0.29, 0.717) is 16.8 Å². The van der Waals surface area contributed by atoms with E-state index in [2.05, 4.69) is 15.0 Å². The summed E-state index contributed by atoms with van der Waals surface area (Å²) < 4.78 is 28.6. The number of aryl methyl sites for hydroxylation is 1. The highest BCUT2D eigenvalue weighted by atomic mass is 19.1. The molecule has 1 saturated heterocycles. The lowest BCUT2D eigenvalue weighted by molar-refractivity contribution is -0.138. The molecule has 36 heavy (non-hydrogen) atoms. The van der Waals surface area contributed by atoms with Crippen molar-refractivity contribution in [3.8, 4) is 0 Å². The molecule has 0 saturated carbocycles. The molecule has 1 atom stereocenters. The third kappa shape index (κ3) is 6.05. The number of pyridine rings is 1. The maximum Gasteiger partial charge on any atom is 0.303 e. The Kier molecular flexibility index (Phi) is 7.93. The molecule has 0 amide bonds. The Hall–Kier alpha value is -3.81. The fraction of sp³-hybridized carbons (Fsp3) is 0.321. The number of halogens is 2. The standard InChI is InChI=1S/C28H29F2N3O3/c1-18-14-21(8-11-31-18)27(32-36)17-25(24-7-4-22(29)16-26(24)30)20-2-5-23(6-3-20)33-12-9-19(10-13-33)15-28(34)35/h2-8,11,14,16,19,25,36H,9-10,12-13,15,17H2,1H3,(H,34,35)/b32-27+. The molecule has 2 heterocycles. The first-order chi connectivity index (χ1) is 17.3. The number of aliphatic carboxylic acids is 1. The number of nitrogens with zero attached hydrogens (tertiary/aromatic N) is 3. The van der Waals surface area contributed by atoms with Gasteiger partial charge in [-0.05, 0) is 67.1 Å². The zero-order valence-electron chi connectivity index (χ0n) is 20.1. The minimum atomic E-state index is -0.760. The van der Waals surface area contributed by atoms with Crippen LogP contribution in [-0.4, -0.2) is 40.1 Å². The van der Waals surface area contributed by atoms with Crippen LogP contribution in [-0.2, 0) is 4.79 Å². The number of oxime groups is 1. The average Bonchev–Trinajstić information content (AvgIpc) is 2.86. The van der Waals surface area contributed by atoms with Gasteiger partial charge in [0.05, 0.1) is 5.71 Å². The summed E-state index contributed by atoms with van der Waals surface area (Å²) >= 11 is 0. The van der Waals surface area contributed by atoms with Crippen molar-refractivity contribution in [2.75, 3.05) is 18.0 Å². The first-order valence-corrected chi connectivity index (χ1v) is 12.0. The van der Waals surface area contributed by atoms with Gasteiger partial charge >= 0.3 is 5.97 Å². The molecule has 0 aliphatic carbocycles. The van der Waals surface area contributed by atoms with E-state index >= 15 is 0 Å². The lowest BCUT2D eigenvalue weighted by Crippen LogP contribution is -2.34. The largest absolute Gasteiger partial charge is 0.481 e. The molecule has 2 aromatic carbocycles. The summed E-state index contributed by atoms with van der Waals surface area (Å²) in [7, 11) is 0. The number of rotatable bonds is 8. The smallest absolute Gasteiger partial charge is 0.303 e. The Morgan fingerprint density at radius 2 is 1.83 bits per heavy atom. The van der Waals surface area contributed by atoms with Gasteiger partial charge in [0.2, 0.25) is 0 Å². The van der Waals surface area contributed by atoms with Gasteiger partial charge in [0.15, 0.2) is 0 Å². The number of carbonyl (C=O) groups is 1. The summed E-state index contributed by atoms with van der Waals surface area (Å²) in [6.07, 6.45) is 3.65. The number of carboxylic acids is 1. The van der Waals surface area contributed by atoms with Crippen molar-refractivity contribution in [2.45, 2.75) is 38.5 Å². The fourth-order valence-electron chi connectivity index (χ4n) is 4.89. The quantitative estimate of drug-likeness (QED) is 0.237. The van der Waals surface area contributed by atoms with Gasteiger partial charge in [-0.3, -0.25) is 9.78 Å². The van der Waals surface area contributed by atoms with Crippen LogP contribution in [0.5, 0.6) is 0 Å². The predicted octanol–water partition coefficient (Wildman–Crippen LogP) is 5.76. The van der Waals surface area contributed by atoms with E-state index in [1.165, 1.54) is 12.1 Å². The summed E-state index contributed by atoms with van der Waals surface area (Å²) in [5.74, 6) is -2.40. The highest BCUT2D eigenvalue weighted by Gasteiger charge is 2.24. The van der Waals surface area contributed by atoms with E-state index in [9.17, 15) is 18.8 Å². The number of anilines is 1. The van der Waals surface area contributed by atoms with Crippen molar-refractivity contribution in [1.82, 2.24) is 4.98 Å². The van der Waals surface area contributed by atoms with Gasteiger partial charge < -0.3 is 15.2 Å². The summed E-state index contributed by atoms with van der Waals surface area (Å²) in [5.41, 5.74) is 3.93. The van der Waals surface area contributed by atoms with Crippen LogP contribution in [0.1, 0.15) is 54.0 Å². The second-order valence-corrected chi connectivity index (χ2v) is 9.27. The van der Waals surface area contributed by atoms with Crippen molar-refractivity contribution < 1.29 is 23.9 Å². The minimum absolute atomic E-state index is 0.192. The number of carboxylic acid groups (broad SMARTS) is 1. The molecule has 6 nitrogen and oxygen atoms in total. The molecule has 4 rings (SSSR count). The Morgan fingerprint density at radius 3 is 2.44 bits per heavy atom. The van der Waals surface area contributed by atoms with E-state index in [4.69, 9.17) is 5.11 Å². The van der Waals surface area contributed by atoms with E-state index in [1.807, 2.05) is 31.2 Å². The molecule has 2 N–H and O–H groups in total. The molecule has 1 aliphatic heterocycles. The molecule has 0 spiro atoms. The zero-order valence-corrected chi connectivity index (χ0v) is 20.1. The SMILES string of the molecule is Cc1cc(/C(CC(c2ccc(N3CCC(CC(=O)O)CC3)cc2)c2ccc(F)cc2F)=N/O)ccn1. The molecular weight excluding hydrogens is 464 g/mol. The molecule has 1 unspecified atom stereocenters. The monoisotopic (exact) mass is 493 g/mol. The van der Waals surface area contributed by atoms with Crippen LogP contribution in [0.2, 0.25) is 0 Å². The zero-order chi connectivity index (χ0) is 25.7. The summed E-state index contributed by atoms with van der Waals surface area (Å²) in [6.45, 7) is 3.38. The van der Waals surface area contributed by atoms with Crippen LogP contribution in [0.4, 0.5) is 14.5 Å². The highest BCUT2D eigenvalue weighted by molar-refractivity contribution is 6.00.